The van der Waals surface area contributed by atoms with Crippen molar-refractivity contribution in [1.29, 1.82) is 0 Å². The summed E-state index contributed by atoms with van der Waals surface area (Å²) in [5, 5.41) is 7.13. The molecule has 1 unspecified atom stereocenters. The predicted octanol–water partition coefficient (Wildman–Crippen LogP) is 3.11. The van der Waals surface area contributed by atoms with Gasteiger partial charge in [-0.05, 0) is 36.6 Å². The maximum absolute atomic E-state index is 12.3. The Morgan fingerprint density at radius 2 is 2.13 bits per heavy atom. The van der Waals surface area contributed by atoms with Gasteiger partial charge in [0.1, 0.15) is 0 Å². The third-order valence-corrected chi connectivity index (χ3v) is 4.53. The van der Waals surface area contributed by atoms with Crippen LogP contribution in [0.4, 0.5) is 5.69 Å². The second-order valence-corrected chi connectivity index (χ2v) is 6.34. The molecule has 0 spiro atoms. The highest BCUT2D eigenvalue weighted by molar-refractivity contribution is 5.94. The summed E-state index contributed by atoms with van der Waals surface area (Å²) in [6, 6.07) is 9.05. The van der Waals surface area contributed by atoms with Gasteiger partial charge in [0, 0.05) is 18.1 Å². The second-order valence-electron chi connectivity index (χ2n) is 6.34. The van der Waals surface area contributed by atoms with E-state index in [0.717, 1.165) is 17.8 Å². The molecule has 1 aromatic heterocycles. The molecule has 1 fully saturated rings. The Labute approximate surface area is 136 Å². The summed E-state index contributed by atoms with van der Waals surface area (Å²) in [5.74, 6) is 0.494. The van der Waals surface area contributed by atoms with Crippen molar-refractivity contribution in [3.8, 4) is 5.69 Å². The molecule has 1 aromatic carbocycles. The summed E-state index contributed by atoms with van der Waals surface area (Å²) in [4.78, 5) is 12.3. The molecular weight excluding hydrogens is 288 g/mol. The van der Waals surface area contributed by atoms with Crippen LogP contribution in [0.2, 0.25) is 0 Å². The van der Waals surface area contributed by atoms with Crippen LogP contribution in [0.5, 0.6) is 0 Å². The molecule has 5 nitrogen and oxygen atoms in total. The zero-order valence-electron chi connectivity index (χ0n) is 13.3. The molecule has 0 saturated heterocycles. The Hall–Kier alpha value is -2.14. The van der Waals surface area contributed by atoms with Crippen LogP contribution in [0.3, 0.4) is 0 Å². The molecular formula is C18H24N4O. The lowest BCUT2D eigenvalue weighted by atomic mass is 9.85. The number of amides is 1. The molecule has 1 amide bonds. The Balaban J connectivity index is 1.59. The minimum Gasteiger partial charge on any atom is -0.325 e. The lowest BCUT2D eigenvalue weighted by Crippen LogP contribution is -2.37. The zero-order valence-corrected chi connectivity index (χ0v) is 13.3. The number of nitrogens with one attached hydrogen (secondary N) is 1. The third-order valence-electron chi connectivity index (χ3n) is 4.53. The van der Waals surface area contributed by atoms with E-state index in [4.69, 9.17) is 5.73 Å². The van der Waals surface area contributed by atoms with Crippen LogP contribution < -0.4 is 11.1 Å². The van der Waals surface area contributed by atoms with Gasteiger partial charge in [0.15, 0.2) is 0 Å². The van der Waals surface area contributed by atoms with E-state index in [1.165, 1.54) is 32.1 Å². The highest BCUT2D eigenvalue weighted by Gasteiger charge is 2.21. The standard InChI is InChI=1S/C18H24N4O/c19-17(12-14-6-2-1-3-7-14)18(23)21-15-8-4-9-16(13-15)22-11-5-10-20-22/h4-5,8-11,13-14,17H,1-3,6-7,12,19H2,(H,21,23). The number of hydrogen-bond donors (Lipinski definition) is 2. The van der Waals surface area contributed by atoms with Gasteiger partial charge in [-0.25, -0.2) is 4.68 Å². The van der Waals surface area contributed by atoms with Crippen LogP contribution in [-0.4, -0.2) is 21.7 Å². The zero-order chi connectivity index (χ0) is 16.1. The maximum atomic E-state index is 12.3. The minimum absolute atomic E-state index is 0.104. The average molecular weight is 312 g/mol. The summed E-state index contributed by atoms with van der Waals surface area (Å²) in [6.07, 6.45) is 10.6. The van der Waals surface area contributed by atoms with E-state index in [-0.39, 0.29) is 5.91 Å². The van der Waals surface area contributed by atoms with Gasteiger partial charge in [-0.2, -0.15) is 5.10 Å². The monoisotopic (exact) mass is 312 g/mol. The van der Waals surface area contributed by atoms with Crippen LogP contribution in [-0.2, 0) is 4.79 Å². The van der Waals surface area contributed by atoms with Gasteiger partial charge in [-0.3, -0.25) is 4.79 Å². The third kappa shape index (κ3) is 4.20. The van der Waals surface area contributed by atoms with Crippen molar-refractivity contribution >= 4 is 11.6 Å². The lowest BCUT2D eigenvalue weighted by Gasteiger charge is -2.24. The van der Waals surface area contributed by atoms with Gasteiger partial charge < -0.3 is 11.1 Å². The van der Waals surface area contributed by atoms with Gasteiger partial charge in [0.05, 0.1) is 11.7 Å². The van der Waals surface area contributed by atoms with E-state index >= 15 is 0 Å². The molecule has 1 atom stereocenters. The molecule has 0 aliphatic heterocycles. The summed E-state index contributed by atoms with van der Waals surface area (Å²) in [5.41, 5.74) is 7.76. The smallest absolute Gasteiger partial charge is 0.241 e. The van der Waals surface area contributed by atoms with Crippen molar-refractivity contribution in [3.63, 3.8) is 0 Å². The first-order valence-electron chi connectivity index (χ1n) is 8.39. The van der Waals surface area contributed by atoms with Gasteiger partial charge in [-0.1, -0.05) is 38.2 Å². The molecule has 5 heteroatoms. The average Bonchev–Trinajstić information content (AvgIpc) is 3.10. The highest BCUT2D eigenvalue weighted by Crippen LogP contribution is 2.27. The number of rotatable bonds is 5. The topological polar surface area (TPSA) is 72.9 Å². The van der Waals surface area contributed by atoms with E-state index in [1.807, 2.05) is 36.5 Å². The number of benzene rings is 1. The first-order chi connectivity index (χ1) is 11.2. The van der Waals surface area contributed by atoms with Crippen molar-refractivity contribution in [2.75, 3.05) is 5.32 Å². The van der Waals surface area contributed by atoms with Crippen molar-refractivity contribution < 1.29 is 4.79 Å². The van der Waals surface area contributed by atoms with Gasteiger partial charge in [-0.15, -0.1) is 0 Å². The number of aromatic nitrogens is 2. The van der Waals surface area contributed by atoms with Gasteiger partial charge >= 0.3 is 0 Å². The molecule has 0 bridgehead atoms. The van der Waals surface area contributed by atoms with Crippen molar-refractivity contribution in [2.24, 2.45) is 11.7 Å². The number of hydrogen-bond acceptors (Lipinski definition) is 3. The molecule has 122 valence electrons. The Morgan fingerprint density at radius 3 is 2.87 bits per heavy atom. The van der Waals surface area contributed by atoms with E-state index in [9.17, 15) is 4.79 Å². The number of nitrogens with two attached hydrogens (primary N) is 1. The molecule has 1 aliphatic rings. The molecule has 1 aliphatic carbocycles. The highest BCUT2D eigenvalue weighted by atomic mass is 16.2. The summed E-state index contributed by atoms with van der Waals surface area (Å²) in [6.45, 7) is 0. The van der Waals surface area contributed by atoms with Gasteiger partial charge in [0.25, 0.3) is 0 Å². The number of carbonyl (C=O) groups excluding carboxylic acids is 1. The predicted molar refractivity (Wildman–Crippen MR) is 91.4 cm³/mol. The quantitative estimate of drug-likeness (QED) is 0.891. The van der Waals surface area contributed by atoms with Crippen LogP contribution in [0.25, 0.3) is 5.69 Å². The van der Waals surface area contributed by atoms with Crippen LogP contribution >= 0.6 is 0 Å². The minimum atomic E-state index is -0.438. The molecule has 23 heavy (non-hydrogen) atoms. The van der Waals surface area contributed by atoms with Crippen molar-refractivity contribution in [2.45, 2.75) is 44.6 Å². The largest absolute Gasteiger partial charge is 0.325 e. The van der Waals surface area contributed by atoms with Gasteiger partial charge in [0.2, 0.25) is 5.91 Å². The van der Waals surface area contributed by atoms with Crippen LogP contribution in [0, 0.1) is 5.92 Å². The van der Waals surface area contributed by atoms with E-state index < -0.39 is 6.04 Å². The number of nitrogens with zero attached hydrogens (tertiary/aromatic N) is 2. The summed E-state index contributed by atoms with van der Waals surface area (Å²) >= 11 is 0. The fourth-order valence-corrected chi connectivity index (χ4v) is 3.27. The Bertz CT molecular complexity index is 632. The van der Waals surface area contributed by atoms with Crippen LogP contribution in [0.1, 0.15) is 38.5 Å². The molecule has 0 radical (unpaired) electrons. The fraction of sp³-hybridized carbons (Fsp3) is 0.444. The fourth-order valence-electron chi connectivity index (χ4n) is 3.27. The van der Waals surface area contributed by atoms with Crippen molar-refractivity contribution in [3.05, 3.63) is 42.7 Å². The number of anilines is 1. The Kier molecular flexibility index (Phi) is 5.08. The number of carbonyl (C=O) groups is 1. The SMILES string of the molecule is NC(CC1CCCCC1)C(=O)Nc1cccc(-n2cccn2)c1. The Morgan fingerprint density at radius 1 is 1.30 bits per heavy atom. The first-order valence-corrected chi connectivity index (χ1v) is 8.39. The first kappa shape index (κ1) is 15.7. The molecule has 1 heterocycles. The summed E-state index contributed by atoms with van der Waals surface area (Å²) < 4.78 is 1.76. The van der Waals surface area contributed by atoms with Crippen LogP contribution in [0.15, 0.2) is 42.7 Å². The van der Waals surface area contributed by atoms with E-state index in [2.05, 4.69) is 10.4 Å². The molecule has 3 N–H and O–H groups in total. The normalized spacial score (nSPS) is 16.9. The molecule has 1 saturated carbocycles. The maximum Gasteiger partial charge on any atom is 0.241 e. The second kappa shape index (κ2) is 7.42. The summed E-state index contributed by atoms with van der Waals surface area (Å²) in [7, 11) is 0. The van der Waals surface area contributed by atoms with Crippen molar-refractivity contribution in [1.82, 2.24) is 9.78 Å². The molecule has 3 rings (SSSR count). The molecule has 2 aromatic rings. The van der Waals surface area contributed by atoms with E-state index in [1.54, 1.807) is 10.9 Å². The van der Waals surface area contributed by atoms with E-state index in [0.29, 0.717) is 5.92 Å². The lowest BCUT2D eigenvalue weighted by molar-refractivity contribution is -0.117.